The van der Waals surface area contributed by atoms with Gasteiger partial charge in [0.15, 0.2) is 0 Å². The Morgan fingerprint density at radius 1 is 1.12 bits per heavy atom. The van der Waals surface area contributed by atoms with Crippen LogP contribution in [-0.2, 0) is 9.53 Å². The number of likely N-dealkylation sites (tertiary alicyclic amines) is 3. The lowest BCUT2D eigenvalue weighted by molar-refractivity contribution is -0.137. The zero-order valence-corrected chi connectivity index (χ0v) is 16.3. The minimum Gasteiger partial charge on any atom is -0.444 e. The van der Waals surface area contributed by atoms with E-state index in [9.17, 15) is 14.7 Å². The Kier molecular flexibility index (Phi) is 5.77. The summed E-state index contributed by atoms with van der Waals surface area (Å²) in [6.07, 6.45) is 3.81. The van der Waals surface area contributed by atoms with E-state index in [1.807, 2.05) is 20.8 Å². The standard InChI is InChI=1S/C19H33N3O4/c1-19(2,3)26-18(25)21-12-15(16(23)13-21)20-10-7-14(8-11-20)22-9-5-4-6-17(22)24/h14-16,23H,4-13H2,1-3H3/t15-,16-/m0/s1. The summed E-state index contributed by atoms with van der Waals surface area (Å²) in [5.41, 5.74) is -0.528. The summed E-state index contributed by atoms with van der Waals surface area (Å²) < 4.78 is 5.43. The monoisotopic (exact) mass is 367 g/mol. The van der Waals surface area contributed by atoms with Crippen LogP contribution in [0.1, 0.15) is 52.9 Å². The van der Waals surface area contributed by atoms with Crippen molar-refractivity contribution in [2.75, 3.05) is 32.7 Å². The molecule has 3 heterocycles. The maximum atomic E-state index is 12.3. The molecule has 0 radical (unpaired) electrons. The second-order valence-corrected chi connectivity index (χ2v) is 8.83. The zero-order chi connectivity index (χ0) is 18.9. The quantitative estimate of drug-likeness (QED) is 0.800. The Morgan fingerprint density at radius 2 is 1.81 bits per heavy atom. The normalized spacial score (nSPS) is 29.3. The van der Waals surface area contributed by atoms with Gasteiger partial charge >= 0.3 is 6.09 Å². The molecule has 2 amide bonds. The number of rotatable bonds is 2. The van der Waals surface area contributed by atoms with Crippen LogP contribution in [0.4, 0.5) is 4.79 Å². The van der Waals surface area contributed by atoms with Crippen LogP contribution in [0, 0.1) is 0 Å². The van der Waals surface area contributed by atoms with Crippen LogP contribution in [0.15, 0.2) is 0 Å². The number of aliphatic hydroxyl groups is 1. The van der Waals surface area contributed by atoms with Crippen molar-refractivity contribution in [3.05, 3.63) is 0 Å². The summed E-state index contributed by atoms with van der Waals surface area (Å²) in [6, 6.07) is 0.292. The average Bonchev–Trinajstić information content (AvgIpc) is 2.96. The predicted molar refractivity (Wildman–Crippen MR) is 97.8 cm³/mol. The van der Waals surface area contributed by atoms with Gasteiger partial charge in [-0.25, -0.2) is 4.79 Å². The van der Waals surface area contributed by atoms with Crippen LogP contribution in [-0.4, -0.2) is 88.3 Å². The third-order valence-corrected chi connectivity index (χ3v) is 5.68. The Labute approximate surface area is 156 Å². The number of piperidine rings is 2. The number of carbonyl (C=O) groups is 2. The lowest BCUT2D eigenvalue weighted by Crippen LogP contribution is -2.53. The van der Waals surface area contributed by atoms with Gasteiger partial charge in [-0.2, -0.15) is 0 Å². The van der Waals surface area contributed by atoms with Crippen molar-refractivity contribution in [1.29, 1.82) is 0 Å². The van der Waals surface area contributed by atoms with Gasteiger partial charge in [0.05, 0.1) is 18.7 Å². The van der Waals surface area contributed by atoms with E-state index in [2.05, 4.69) is 9.80 Å². The Morgan fingerprint density at radius 3 is 2.42 bits per heavy atom. The first kappa shape index (κ1) is 19.4. The molecule has 3 aliphatic heterocycles. The molecular weight excluding hydrogens is 334 g/mol. The van der Waals surface area contributed by atoms with Crippen LogP contribution in [0.3, 0.4) is 0 Å². The van der Waals surface area contributed by atoms with Crippen molar-refractivity contribution >= 4 is 12.0 Å². The van der Waals surface area contributed by atoms with E-state index in [1.54, 1.807) is 4.90 Å². The van der Waals surface area contributed by atoms with Crippen molar-refractivity contribution in [2.45, 2.75) is 76.7 Å². The Balaban J connectivity index is 1.51. The molecule has 0 aliphatic carbocycles. The Hall–Kier alpha value is -1.34. The fraction of sp³-hybridized carbons (Fsp3) is 0.895. The lowest BCUT2D eigenvalue weighted by Gasteiger charge is -2.42. The molecule has 3 aliphatic rings. The molecule has 148 valence electrons. The van der Waals surface area contributed by atoms with Crippen LogP contribution in [0.5, 0.6) is 0 Å². The number of hydrogen-bond acceptors (Lipinski definition) is 5. The van der Waals surface area contributed by atoms with E-state index in [0.717, 1.165) is 45.3 Å². The highest BCUT2D eigenvalue weighted by molar-refractivity contribution is 5.77. The first-order valence-corrected chi connectivity index (χ1v) is 9.94. The molecule has 0 aromatic carbocycles. The van der Waals surface area contributed by atoms with Gasteiger partial charge in [0, 0.05) is 38.6 Å². The second kappa shape index (κ2) is 7.72. The van der Waals surface area contributed by atoms with Crippen molar-refractivity contribution < 1.29 is 19.4 Å². The molecule has 0 aromatic heterocycles. The zero-order valence-electron chi connectivity index (χ0n) is 16.3. The maximum Gasteiger partial charge on any atom is 0.410 e. The predicted octanol–water partition coefficient (Wildman–Crippen LogP) is 1.44. The molecule has 3 rings (SSSR count). The van der Waals surface area contributed by atoms with Crippen LogP contribution < -0.4 is 0 Å². The number of aliphatic hydroxyl groups excluding tert-OH is 1. The van der Waals surface area contributed by atoms with E-state index in [1.165, 1.54) is 0 Å². The van der Waals surface area contributed by atoms with Crippen LogP contribution in [0.2, 0.25) is 0 Å². The van der Waals surface area contributed by atoms with Crippen molar-refractivity contribution in [3.63, 3.8) is 0 Å². The van der Waals surface area contributed by atoms with Crippen molar-refractivity contribution in [3.8, 4) is 0 Å². The first-order chi connectivity index (χ1) is 12.2. The molecule has 0 saturated carbocycles. The molecule has 1 N–H and O–H groups in total. The van der Waals surface area contributed by atoms with Gasteiger partial charge in [-0.05, 0) is 46.5 Å². The topological polar surface area (TPSA) is 73.3 Å². The molecular formula is C19H33N3O4. The van der Waals surface area contributed by atoms with Gasteiger partial charge in [-0.15, -0.1) is 0 Å². The summed E-state index contributed by atoms with van der Waals surface area (Å²) in [7, 11) is 0. The van der Waals surface area contributed by atoms with Gasteiger partial charge in [-0.1, -0.05) is 0 Å². The molecule has 26 heavy (non-hydrogen) atoms. The first-order valence-electron chi connectivity index (χ1n) is 9.94. The third kappa shape index (κ3) is 4.49. The highest BCUT2D eigenvalue weighted by atomic mass is 16.6. The van der Waals surface area contributed by atoms with Gasteiger partial charge < -0.3 is 19.6 Å². The molecule has 2 atom stereocenters. The highest BCUT2D eigenvalue weighted by Gasteiger charge is 2.41. The molecule has 3 fully saturated rings. The van der Waals surface area contributed by atoms with E-state index in [-0.39, 0.29) is 12.1 Å². The van der Waals surface area contributed by atoms with Gasteiger partial charge in [-0.3, -0.25) is 9.69 Å². The summed E-state index contributed by atoms with van der Waals surface area (Å²) in [6.45, 7) is 8.98. The van der Waals surface area contributed by atoms with Gasteiger partial charge in [0.25, 0.3) is 0 Å². The smallest absolute Gasteiger partial charge is 0.410 e. The maximum absolute atomic E-state index is 12.3. The number of carbonyl (C=O) groups excluding carboxylic acids is 2. The minimum absolute atomic E-state index is 0.0412. The number of nitrogens with zero attached hydrogens (tertiary/aromatic N) is 3. The fourth-order valence-electron chi connectivity index (χ4n) is 4.35. The summed E-state index contributed by atoms with van der Waals surface area (Å²) >= 11 is 0. The molecule has 0 spiro atoms. The fourth-order valence-corrected chi connectivity index (χ4v) is 4.35. The van der Waals surface area contributed by atoms with Crippen molar-refractivity contribution in [1.82, 2.24) is 14.7 Å². The number of amides is 2. The minimum atomic E-state index is -0.546. The van der Waals surface area contributed by atoms with E-state index in [4.69, 9.17) is 4.74 Å². The lowest BCUT2D eigenvalue weighted by atomic mass is 9.98. The summed E-state index contributed by atoms with van der Waals surface area (Å²) in [5, 5.41) is 10.5. The molecule has 0 bridgehead atoms. The van der Waals surface area contributed by atoms with Gasteiger partial charge in [0.2, 0.25) is 5.91 Å². The molecule has 0 aromatic rings. The largest absolute Gasteiger partial charge is 0.444 e. The SMILES string of the molecule is CC(C)(C)OC(=O)N1C[C@H](O)[C@@H](N2CCC(N3CCCCC3=O)CC2)C1. The Bertz CT molecular complexity index is 525. The average molecular weight is 367 g/mol. The summed E-state index contributed by atoms with van der Waals surface area (Å²) in [5.74, 6) is 0.298. The van der Waals surface area contributed by atoms with Crippen LogP contribution in [0.25, 0.3) is 0 Å². The van der Waals surface area contributed by atoms with E-state index < -0.39 is 11.7 Å². The number of β-amino-alcohol motifs (C(OH)–C–C–N with tert-alkyl or cyclic N) is 1. The summed E-state index contributed by atoms with van der Waals surface area (Å²) in [4.78, 5) is 30.3. The molecule has 0 unspecified atom stereocenters. The van der Waals surface area contributed by atoms with E-state index >= 15 is 0 Å². The van der Waals surface area contributed by atoms with E-state index in [0.29, 0.717) is 31.5 Å². The highest BCUT2D eigenvalue weighted by Crippen LogP contribution is 2.26. The number of hydrogen-bond donors (Lipinski definition) is 1. The van der Waals surface area contributed by atoms with Gasteiger partial charge in [0.1, 0.15) is 5.60 Å². The second-order valence-electron chi connectivity index (χ2n) is 8.83. The third-order valence-electron chi connectivity index (χ3n) is 5.68. The van der Waals surface area contributed by atoms with Crippen molar-refractivity contribution in [2.24, 2.45) is 0 Å². The van der Waals surface area contributed by atoms with Crippen LogP contribution >= 0.6 is 0 Å². The molecule has 7 heteroatoms. The number of ether oxygens (including phenoxy) is 1. The molecule has 7 nitrogen and oxygen atoms in total. The molecule has 3 saturated heterocycles.